The lowest BCUT2D eigenvalue weighted by Crippen LogP contribution is -2.11. The SMILES string of the molecule is c1ccc(-c2ccc(N(c3ccc(-c4ccc5c(-c6cccc7sc8ccccc8c67)cc6oc7ccccc7c6c5c4)cc3)c3ccccc3-c3ccccc3)cc2)cc1. The van der Waals surface area contributed by atoms with Gasteiger partial charge in [-0.15, -0.1) is 11.3 Å². The molecule has 2 nitrogen and oxygen atoms in total. The Kier molecular flexibility index (Phi) is 8.39. The van der Waals surface area contributed by atoms with E-state index >= 15 is 0 Å². The summed E-state index contributed by atoms with van der Waals surface area (Å²) >= 11 is 1.86. The number of fused-ring (bicyclic) bond motifs is 8. The summed E-state index contributed by atoms with van der Waals surface area (Å²) in [5, 5.41) is 7.27. The number of hydrogen-bond acceptors (Lipinski definition) is 3. The summed E-state index contributed by atoms with van der Waals surface area (Å²) in [6, 6.07) is 81.0. The third kappa shape index (κ3) is 6.01. The van der Waals surface area contributed by atoms with Crippen LogP contribution in [0.15, 0.2) is 229 Å². The van der Waals surface area contributed by atoms with Gasteiger partial charge < -0.3 is 9.32 Å². The predicted octanol–water partition coefficient (Wildman–Crippen LogP) is 17.2. The first-order valence-electron chi connectivity index (χ1n) is 20.7. The minimum absolute atomic E-state index is 0.901. The third-order valence-corrected chi connectivity index (χ3v) is 13.2. The van der Waals surface area contributed by atoms with Crippen LogP contribution < -0.4 is 4.90 Å². The fraction of sp³-hybridized carbons (Fsp3) is 0. The molecule has 12 rings (SSSR count). The molecular weight excluding hydrogens is 759 g/mol. The molecule has 0 aliphatic rings. The van der Waals surface area contributed by atoms with Crippen molar-refractivity contribution in [3.8, 4) is 44.5 Å². The zero-order valence-electron chi connectivity index (χ0n) is 33.1. The van der Waals surface area contributed by atoms with Crippen molar-refractivity contribution in [1.82, 2.24) is 0 Å². The van der Waals surface area contributed by atoms with Gasteiger partial charge >= 0.3 is 0 Å². The van der Waals surface area contributed by atoms with E-state index in [1.165, 1.54) is 64.3 Å². The van der Waals surface area contributed by atoms with Gasteiger partial charge in [0.15, 0.2) is 0 Å². The van der Waals surface area contributed by atoms with Gasteiger partial charge in [0.05, 0.1) is 5.69 Å². The van der Waals surface area contributed by atoms with Crippen LogP contribution in [-0.2, 0) is 0 Å². The maximum atomic E-state index is 6.65. The van der Waals surface area contributed by atoms with Crippen LogP contribution in [0, 0.1) is 0 Å². The van der Waals surface area contributed by atoms with Gasteiger partial charge in [0.2, 0.25) is 0 Å². The van der Waals surface area contributed by atoms with Crippen molar-refractivity contribution in [2.75, 3.05) is 4.90 Å². The summed E-state index contributed by atoms with van der Waals surface area (Å²) in [4.78, 5) is 2.38. The topological polar surface area (TPSA) is 16.4 Å². The second-order valence-corrected chi connectivity index (χ2v) is 16.7. The Morgan fingerprint density at radius 3 is 1.66 bits per heavy atom. The predicted molar refractivity (Wildman–Crippen MR) is 261 cm³/mol. The van der Waals surface area contributed by atoms with Gasteiger partial charge in [-0.05, 0) is 110 Å². The third-order valence-electron chi connectivity index (χ3n) is 12.1. The minimum atomic E-state index is 0.901. The van der Waals surface area contributed by atoms with Crippen molar-refractivity contribution >= 4 is 81.3 Å². The fourth-order valence-corrected chi connectivity index (χ4v) is 10.4. The summed E-state index contributed by atoms with van der Waals surface area (Å²) in [6.45, 7) is 0. The number of nitrogens with zero attached hydrogens (tertiary/aromatic N) is 1. The molecule has 0 saturated heterocycles. The summed E-state index contributed by atoms with van der Waals surface area (Å²) in [5.41, 5.74) is 14.6. The van der Waals surface area contributed by atoms with Crippen LogP contribution >= 0.6 is 11.3 Å². The van der Waals surface area contributed by atoms with Gasteiger partial charge in [0.25, 0.3) is 0 Å². The Labute approximate surface area is 357 Å². The van der Waals surface area contributed by atoms with E-state index in [2.05, 4.69) is 229 Å². The molecule has 12 aromatic rings. The molecule has 3 heteroatoms. The van der Waals surface area contributed by atoms with E-state index in [0.29, 0.717) is 0 Å². The number of benzene rings is 10. The van der Waals surface area contributed by atoms with E-state index in [1.54, 1.807) is 0 Å². The minimum Gasteiger partial charge on any atom is -0.456 e. The molecular formula is C58H37NOS. The van der Waals surface area contributed by atoms with E-state index in [9.17, 15) is 0 Å². The van der Waals surface area contributed by atoms with E-state index in [-0.39, 0.29) is 0 Å². The van der Waals surface area contributed by atoms with Crippen LogP contribution in [0.25, 0.3) is 97.4 Å². The van der Waals surface area contributed by atoms with Crippen molar-refractivity contribution in [1.29, 1.82) is 0 Å². The molecule has 10 aromatic carbocycles. The van der Waals surface area contributed by atoms with Gasteiger partial charge in [0, 0.05) is 47.9 Å². The molecule has 2 aromatic heterocycles. The van der Waals surface area contributed by atoms with Crippen molar-refractivity contribution in [3.05, 3.63) is 224 Å². The average Bonchev–Trinajstić information content (AvgIpc) is 3.91. The monoisotopic (exact) mass is 795 g/mol. The first kappa shape index (κ1) is 35.2. The summed E-state index contributed by atoms with van der Waals surface area (Å²) in [5.74, 6) is 0. The van der Waals surface area contributed by atoms with E-state index in [1.807, 2.05) is 11.3 Å². The Hall–Kier alpha value is -7.72. The molecule has 0 saturated carbocycles. The van der Waals surface area contributed by atoms with Gasteiger partial charge in [0.1, 0.15) is 11.2 Å². The maximum absolute atomic E-state index is 6.65. The Morgan fingerprint density at radius 1 is 0.311 bits per heavy atom. The standard InChI is InChI=1S/C58H37NOS/c1-3-14-38(15-4-1)39-26-31-43(32-27-39)59(52-22-10-7-18-45(52)41-16-5-2-6-17-41)44-33-28-40(29-34-44)42-30-35-46-50(37-54-57(51(46)36-42)48-19-8-11-23-53(48)60-54)47-21-13-25-56-58(47)49-20-9-12-24-55(49)61-56/h1-37H. The Morgan fingerprint density at radius 2 is 0.885 bits per heavy atom. The van der Waals surface area contributed by atoms with Crippen molar-refractivity contribution in [3.63, 3.8) is 0 Å². The highest BCUT2D eigenvalue weighted by Crippen LogP contribution is 2.47. The first-order valence-corrected chi connectivity index (χ1v) is 21.6. The van der Waals surface area contributed by atoms with Crippen LogP contribution in [0.1, 0.15) is 0 Å². The van der Waals surface area contributed by atoms with Crippen molar-refractivity contribution in [2.45, 2.75) is 0 Å². The molecule has 286 valence electrons. The molecule has 0 bridgehead atoms. The number of para-hydroxylation sites is 2. The Balaban J connectivity index is 1.01. The van der Waals surface area contributed by atoms with Gasteiger partial charge in [-0.1, -0.05) is 164 Å². The van der Waals surface area contributed by atoms with E-state index < -0.39 is 0 Å². The zero-order chi connectivity index (χ0) is 40.3. The van der Waals surface area contributed by atoms with Crippen LogP contribution in [-0.4, -0.2) is 0 Å². The molecule has 0 fully saturated rings. The van der Waals surface area contributed by atoms with E-state index in [0.717, 1.165) is 50.1 Å². The quantitative estimate of drug-likeness (QED) is 0.160. The summed E-state index contributed by atoms with van der Waals surface area (Å²) < 4.78 is 9.24. The lowest BCUT2D eigenvalue weighted by Gasteiger charge is -2.28. The zero-order valence-corrected chi connectivity index (χ0v) is 33.9. The van der Waals surface area contributed by atoms with Crippen LogP contribution in [0.3, 0.4) is 0 Å². The van der Waals surface area contributed by atoms with Crippen LogP contribution in [0.5, 0.6) is 0 Å². The van der Waals surface area contributed by atoms with Gasteiger partial charge in [-0.2, -0.15) is 0 Å². The average molecular weight is 796 g/mol. The molecule has 0 radical (unpaired) electrons. The summed E-state index contributed by atoms with van der Waals surface area (Å²) in [7, 11) is 0. The summed E-state index contributed by atoms with van der Waals surface area (Å²) in [6.07, 6.45) is 0. The largest absolute Gasteiger partial charge is 0.456 e. The van der Waals surface area contributed by atoms with Crippen LogP contribution in [0.2, 0.25) is 0 Å². The molecule has 61 heavy (non-hydrogen) atoms. The second-order valence-electron chi connectivity index (χ2n) is 15.6. The number of hydrogen-bond donors (Lipinski definition) is 0. The number of thiophene rings is 1. The molecule has 0 atom stereocenters. The lowest BCUT2D eigenvalue weighted by molar-refractivity contribution is 0.669. The fourth-order valence-electron chi connectivity index (χ4n) is 9.23. The maximum Gasteiger partial charge on any atom is 0.136 e. The highest BCUT2D eigenvalue weighted by molar-refractivity contribution is 7.25. The number of furan rings is 1. The normalized spacial score (nSPS) is 11.6. The van der Waals surface area contributed by atoms with Crippen LogP contribution in [0.4, 0.5) is 17.1 Å². The molecule has 0 amide bonds. The Bertz CT molecular complexity index is 3570. The van der Waals surface area contributed by atoms with Crippen molar-refractivity contribution in [2.24, 2.45) is 0 Å². The molecule has 0 N–H and O–H groups in total. The molecule has 0 unspecified atom stereocenters. The highest BCUT2D eigenvalue weighted by atomic mass is 32.1. The smallest absolute Gasteiger partial charge is 0.136 e. The molecule has 0 spiro atoms. The van der Waals surface area contributed by atoms with E-state index in [4.69, 9.17) is 4.42 Å². The molecule has 2 heterocycles. The second kappa shape index (κ2) is 14.5. The van der Waals surface area contributed by atoms with Crippen molar-refractivity contribution < 1.29 is 4.42 Å². The molecule has 0 aliphatic carbocycles. The van der Waals surface area contributed by atoms with Gasteiger partial charge in [-0.25, -0.2) is 0 Å². The first-order chi connectivity index (χ1) is 30.2. The number of rotatable bonds is 7. The van der Waals surface area contributed by atoms with Gasteiger partial charge in [-0.3, -0.25) is 0 Å². The lowest BCUT2D eigenvalue weighted by atomic mass is 9.90. The number of anilines is 3. The highest BCUT2D eigenvalue weighted by Gasteiger charge is 2.20. The molecule has 0 aliphatic heterocycles.